The lowest BCUT2D eigenvalue weighted by molar-refractivity contribution is -0.00247. The van der Waals surface area contributed by atoms with Gasteiger partial charge in [-0.05, 0) is 32.0 Å². The molecule has 1 unspecified atom stereocenters. The summed E-state index contributed by atoms with van der Waals surface area (Å²) in [6.07, 6.45) is 0. The molecule has 28 heavy (non-hydrogen) atoms. The van der Waals surface area contributed by atoms with Gasteiger partial charge in [0, 0.05) is 11.9 Å². The lowest BCUT2D eigenvalue weighted by Gasteiger charge is -2.19. The number of halogens is 2. The fraction of sp³-hybridized carbons (Fsp3) is 0.368. The van der Waals surface area contributed by atoms with E-state index in [0.717, 1.165) is 10.6 Å². The smallest absolute Gasteiger partial charge is 0.281 e. The summed E-state index contributed by atoms with van der Waals surface area (Å²) in [4.78, 5) is 17.9. The molecule has 1 amide bonds. The molecule has 9 heteroatoms. The normalized spacial score (nSPS) is 18.5. The summed E-state index contributed by atoms with van der Waals surface area (Å²) in [5.74, 6) is -2.63. The molecule has 1 aliphatic heterocycles. The third-order valence-electron chi connectivity index (χ3n) is 4.80. The average molecular weight is 407 g/mol. The summed E-state index contributed by atoms with van der Waals surface area (Å²) in [6.45, 7) is 3.49. The number of carbonyl (C=O) groups excluding carboxylic acids is 1. The molecule has 1 fully saturated rings. The van der Waals surface area contributed by atoms with Crippen molar-refractivity contribution in [1.82, 2.24) is 15.6 Å². The number of ether oxygens (including phenoxy) is 1. The molecule has 0 spiro atoms. The van der Waals surface area contributed by atoms with Gasteiger partial charge in [0.1, 0.15) is 29.7 Å². The molecule has 2 aromatic heterocycles. The summed E-state index contributed by atoms with van der Waals surface area (Å²) in [7, 11) is 0. The zero-order chi connectivity index (χ0) is 19.9. The van der Waals surface area contributed by atoms with E-state index in [1.54, 1.807) is 30.6 Å². The second-order valence-electron chi connectivity index (χ2n) is 6.76. The van der Waals surface area contributed by atoms with Gasteiger partial charge in [-0.15, -0.1) is 11.3 Å². The molecule has 1 aromatic carbocycles. The Morgan fingerprint density at radius 1 is 1.46 bits per heavy atom. The van der Waals surface area contributed by atoms with Gasteiger partial charge in [-0.2, -0.15) is 0 Å². The van der Waals surface area contributed by atoms with Crippen LogP contribution in [-0.4, -0.2) is 35.9 Å². The van der Waals surface area contributed by atoms with Crippen molar-refractivity contribution in [2.75, 3.05) is 13.1 Å². The van der Waals surface area contributed by atoms with Crippen molar-refractivity contribution in [3.8, 4) is 5.75 Å². The molecule has 6 nitrogen and oxygen atoms in total. The quantitative estimate of drug-likeness (QED) is 0.678. The Bertz CT molecular complexity index is 1030. The molecular formula is C19H19F2N3O3S. The molecule has 2 N–H and O–H groups in total. The number of alkyl halides is 2. The van der Waals surface area contributed by atoms with E-state index in [4.69, 9.17) is 9.15 Å². The number of amides is 1. The minimum atomic E-state index is -2.98. The van der Waals surface area contributed by atoms with Gasteiger partial charge >= 0.3 is 0 Å². The van der Waals surface area contributed by atoms with Crippen molar-refractivity contribution < 1.29 is 22.7 Å². The topological polar surface area (TPSA) is 76.4 Å². The maximum Gasteiger partial charge on any atom is 0.281 e. The molecule has 1 saturated heterocycles. The van der Waals surface area contributed by atoms with E-state index >= 15 is 0 Å². The highest BCUT2D eigenvalue weighted by atomic mass is 32.1. The van der Waals surface area contributed by atoms with Crippen LogP contribution >= 0.6 is 11.3 Å². The van der Waals surface area contributed by atoms with Crippen molar-refractivity contribution in [2.45, 2.75) is 32.4 Å². The van der Waals surface area contributed by atoms with Crippen molar-refractivity contribution in [3.63, 3.8) is 0 Å². The highest BCUT2D eigenvalue weighted by Crippen LogP contribution is 2.30. The van der Waals surface area contributed by atoms with Gasteiger partial charge in [0.05, 0.1) is 28.2 Å². The number of aryl methyl sites for hydroxylation is 2. The van der Waals surface area contributed by atoms with E-state index in [0.29, 0.717) is 29.1 Å². The Morgan fingerprint density at radius 2 is 2.29 bits per heavy atom. The number of hydrogen-bond acceptors (Lipinski definition) is 6. The largest absolute Gasteiger partial charge is 0.488 e. The van der Waals surface area contributed by atoms with E-state index in [2.05, 4.69) is 15.6 Å². The number of nitrogens with zero attached hydrogens (tertiary/aromatic N) is 1. The highest BCUT2D eigenvalue weighted by Gasteiger charge is 2.45. The van der Waals surface area contributed by atoms with Crippen molar-refractivity contribution in [1.29, 1.82) is 0 Å². The Morgan fingerprint density at radius 3 is 2.96 bits per heavy atom. The van der Waals surface area contributed by atoms with E-state index in [9.17, 15) is 13.6 Å². The molecule has 1 atom stereocenters. The number of thiazole rings is 1. The van der Waals surface area contributed by atoms with E-state index < -0.39 is 24.4 Å². The molecule has 1 aliphatic rings. The van der Waals surface area contributed by atoms with E-state index in [1.165, 1.54) is 11.3 Å². The molecule has 0 bridgehead atoms. The van der Waals surface area contributed by atoms with Crippen LogP contribution < -0.4 is 15.4 Å². The number of rotatable bonds is 5. The van der Waals surface area contributed by atoms with Crippen molar-refractivity contribution >= 4 is 28.2 Å². The van der Waals surface area contributed by atoms with Crippen LogP contribution in [0, 0.1) is 13.8 Å². The standard InChI is InChI=1S/C19H19F2N3O3S/c1-10-15(28-9-23-10)7-26-12-3-4-14-13(5-12)17(11(2)27-14)18(25)24-16-6-22-8-19(16,20)21/h3-5,9,16,22H,6-8H2,1-2H3,(H,24,25). The van der Waals surface area contributed by atoms with Crippen LogP contribution in [0.2, 0.25) is 0 Å². The summed E-state index contributed by atoms with van der Waals surface area (Å²) < 4.78 is 39.1. The second-order valence-corrected chi connectivity index (χ2v) is 7.70. The van der Waals surface area contributed by atoms with Crippen LogP contribution in [0.5, 0.6) is 5.75 Å². The number of aromatic nitrogens is 1. The minimum absolute atomic E-state index is 0.0239. The fourth-order valence-corrected chi connectivity index (χ4v) is 3.92. The van der Waals surface area contributed by atoms with Gasteiger partial charge in [-0.3, -0.25) is 4.79 Å². The Hall–Kier alpha value is -2.52. The fourth-order valence-electron chi connectivity index (χ4n) is 3.23. The number of carbonyl (C=O) groups is 1. The van der Waals surface area contributed by atoms with Crippen LogP contribution in [0.4, 0.5) is 8.78 Å². The maximum absolute atomic E-state index is 13.8. The molecule has 148 valence electrons. The van der Waals surface area contributed by atoms with Crippen LogP contribution in [-0.2, 0) is 6.61 Å². The highest BCUT2D eigenvalue weighted by molar-refractivity contribution is 7.09. The van der Waals surface area contributed by atoms with Crippen LogP contribution in [0.25, 0.3) is 11.0 Å². The predicted molar refractivity (Wildman–Crippen MR) is 101 cm³/mol. The first kappa shape index (κ1) is 18.8. The number of hydrogen-bond donors (Lipinski definition) is 2. The Balaban J connectivity index is 1.58. The molecular weight excluding hydrogens is 388 g/mol. The molecule has 4 rings (SSSR count). The SMILES string of the molecule is Cc1ncsc1COc1ccc2oc(C)c(C(=O)NC3CNCC3(F)F)c2c1. The summed E-state index contributed by atoms with van der Waals surface area (Å²) in [6, 6.07) is 3.90. The third kappa shape index (κ3) is 3.47. The Labute approximate surface area is 163 Å². The summed E-state index contributed by atoms with van der Waals surface area (Å²) >= 11 is 1.51. The maximum atomic E-state index is 13.8. The van der Waals surface area contributed by atoms with Crippen molar-refractivity contribution in [3.05, 3.63) is 45.6 Å². The van der Waals surface area contributed by atoms with Gasteiger partial charge in [0.25, 0.3) is 11.8 Å². The molecule has 0 saturated carbocycles. The monoisotopic (exact) mass is 407 g/mol. The zero-order valence-electron chi connectivity index (χ0n) is 15.3. The van der Waals surface area contributed by atoms with Gasteiger partial charge in [-0.1, -0.05) is 0 Å². The molecule has 3 heterocycles. The Kier molecular flexibility index (Phi) is 4.80. The molecule has 0 aliphatic carbocycles. The predicted octanol–water partition coefficient (Wildman–Crippen LogP) is 3.42. The first-order chi connectivity index (χ1) is 13.3. The number of fused-ring (bicyclic) bond motifs is 1. The van der Waals surface area contributed by atoms with Gasteiger partial charge < -0.3 is 19.8 Å². The lowest BCUT2D eigenvalue weighted by atomic mass is 10.1. The van der Waals surface area contributed by atoms with E-state index in [-0.39, 0.29) is 12.1 Å². The third-order valence-corrected chi connectivity index (χ3v) is 5.71. The summed E-state index contributed by atoms with van der Waals surface area (Å²) in [5, 5.41) is 5.55. The van der Waals surface area contributed by atoms with Gasteiger partial charge in [-0.25, -0.2) is 13.8 Å². The van der Waals surface area contributed by atoms with Crippen LogP contribution in [0.3, 0.4) is 0 Å². The van der Waals surface area contributed by atoms with E-state index in [1.807, 2.05) is 6.92 Å². The first-order valence-corrected chi connectivity index (χ1v) is 9.67. The average Bonchev–Trinajstić information content (AvgIpc) is 3.29. The zero-order valence-corrected chi connectivity index (χ0v) is 16.2. The van der Waals surface area contributed by atoms with Gasteiger partial charge in [0.2, 0.25) is 0 Å². The van der Waals surface area contributed by atoms with Crippen LogP contribution in [0.15, 0.2) is 28.1 Å². The summed E-state index contributed by atoms with van der Waals surface area (Å²) in [5.41, 5.74) is 3.42. The second kappa shape index (κ2) is 7.14. The van der Waals surface area contributed by atoms with Crippen LogP contribution in [0.1, 0.15) is 26.7 Å². The minimum Gasteiger partial charge on any atom is -0.488 e. The van der Waals surface area contributed by atoms with Crippen molar-refractivity contribution in [2.24, 2.45) is 0 Å². The van der Waals surface area contributed by atoms with Gasteiger partial charge in [0.15, 0.2) is 0 Å². The molecule has 0 radical (unpaired) electrons. The number of furan rings is 1. The molecule has 3 aromatic rings. The number of nitrogens with one attached hydrogen (secondary N) is 2. The number of benzene rings is 1. The lowest BCUT2D eigenvalue weighted by Crippen LogP contribution is -2.46. The first-order valence-electron chi connectivity index (χ1n) is 8.79.